The predicted molar refractivity (Wildman–Crippen MR) is 168 cm³/mol. The first-order valence-corrected chi connectivity index (χ1v) is 15.1. The molecule has 11 nitrogen and oxygen atoms in total. The third kappa shape index (κ3) is 6.70. The Bertz CT molecular complexity index is 1880. The fourth-order valence-corrected chi connectivity index (χ4v) is 6.28. The van der Waals surface area contributed by atoms with Gasteiger partial charge in [0, 0.05) is 59.7 Å². The Hall–Kier alpha value is -4.89. The number of rotatable bonds is 9. The molecule has 2 amide bonds. The van der Waals surface area contributed by atoms with Crippen molar-refractivity contribution in [2.75, 3.05) is 37.9 Å². The van der Waals surface area contributed by atoms with Crippen LogP contribution in [0.2, 0.25) is 0 Å². The quantitative estimate of drug-likeness (QED) is 0.182. The minimum Gasteiger partial charge on any atom is -0.497 e. The van der Waals surface area contributed by atoms with E-state index in [1.807, 2.05) is 42.8 Å². The average molecular weight is 654 g/mol. The molecular weight excluding hydrogens is 623 g/mol. The van der Waals surface area contributed by atoms with Gasteiger partial charge in [-0.2, -0.15) is 5.10 Å². The molecule has 6 rings (SSSR count). The molecule has 2 N–H and O–H groups in total. The van der Waals surface area contributed by atoms with Crippen LogP contribution < -0.4 is 20.1 Å². The van der Waals surface area contributed by atoms with Crippen molar-refractivity contribution in [3.63, 3.8) is 0 Å². The fourth-order valence-electron chi connectivity index (χ4n) is 5.29. The van der Waals surface area contributed by atoms with Gasteiger partial charge in [-0.3, -0.25) is 4.74 Å². The smallest absolute Gasteiger partial charge is 0.497 e. The van der Waals surface area contributed by atoms with Crippen LogP contribution in [0.1, 0.15) is 17.5 Å². The Balaban J connectivity index is 1.17. The van der Waals surface area contributed by atoms with Crippen molar-refractivity contribution in [1.82, 2.24) is 24.6 Å². The third-order valence-electron chi connectivity index (χ3n) is 7.63. The molecule has 2 aromatic carbocycles. The van der Waals surface area contributed by atoms with Gasteiger partial charge < -0.3 is 25.0 Å². The molecule has 1 fully saturated rings. The second-order valence-corrected chi connectivity index (χ2v) is 11.5. The highest BCUT2D eigenvalue weighted by Crippen LogP contribution is 2.36. The van der Waals surface area contributed by atoms with Crippen LogP contribution in [0.15, 0.2) is 60.5 Å². The molecule has 240 valence electrons. The number of carbonyl (C=O) groups excluding carboxylic acids is 1. The Morgan fingerprint density at radius 1 is 1.13 bits per heavy atom. The summed E-state index contributed by atoms with van der Waals surface area (Å²) in [5, 5.41) is 12.8. The number of aryl methyl sites for hydroxylation is 1. The number of anilines is 2. The van der Waals surface area contributed by atoms with E-state index in [4.69, 9.17) is 9.47 Å². The van der Waals surface area contributed by atoms with Crippen LogP contribution in [-0.4, -0.2) is 70.5 Å². The van der Waals surface area contributed by atoms with Crippen LogP contribution >= 0.6 is 11.3 Å². The van der Waals surface area contributed by atoms with E-state index in [0.717, 1.165) is 38.2 Å². The molecule has 46 heavy (non-hydrogen) atoms. The van der Waals surface area contributed by atoms with Crippen molar-refractivity contribution in [2.45, 2.75) is 32.4 Å². The average Bonchev–Trinajstić information content (AvgIpc) is 3.80. The first kappa shape index (κ1) is 31.1. The van der Waals surface area contributed by atoms with Crippen LogP contribution in [0.25, 0.3) is 27.0 Å². The van der Waals surface area contributed by atoms with Gasteiger partial charge in [-0.1, -0.05) is 6.07 Å². The summed E-state index contributed by atoms with van der Waals surface area (Å²) in [7, 11) is 3.22. The normalized spacial score (nSPS) is 14.9. The first-order chi connectivity index (χ1) is 22.1. The maximum atomic E-state index is 12.8. The monoisotopic (exact) mass is 653 g/mol. The van der Waals surface area contributed by atoms with E-state index in [0.29, 0.717) is 29.5 Å². The van der Waals surface area contributed by atoms with Crippen LogP contribution in [0.4, 0.5) is 29.5 Å². The number of hydrogen-bond donors (Lipinski definition) is 2. The lowest BCUT2D eigenvalue weighted by atomic mass is 10.1. The van der Waals surface area contributed by atoms with E-state index in [2.05, 4.69) is 30.4 Å². The zero-order chi connectivity index (χ0) is 32.4. The van der Waals surface area contributed by atoms with Gasteiger partial charge in [-0.05, 0) is 43.2 Å². The number of hydrogen-bond acceptors (Lipinski definition) is 9. The van der Waals surface area contributed by atoms with E-state index in [9.17, 15) is 18.0 Å². The van der Waals surface area contributed by atoms with E-state index in [-0.39, 0.29) is 19.5 Å². The number of aromatic nitrogens is 4. The number of methoxy groups -OCH3 is 2. The summed E-state index contributed by atoms with van der Waals surface area (Å²) >= 11 is 1.52. The molecule has 1 aliphatic heterocycles. The molecule has 0 saturated carbocycles. The Labute approximate surface area is 265 Å². The molecule has 15 heteroatoms. The summed E-state index contributed by atoms with van der Waals surface area (Å²) in [6.07, 6.45) is -0.561. The molecular formula is C31H30F3N7O4S. The number of alkyl halides is 3. The number of amides is 2. The summed E-state index contributed by atoms with van der Waals surface area (Å²) in [6.45, 7) is 2.43. The molecule has 0 spiro atoms. The van der Waals surface area contributed by atoms with Crippen molar-refractivity contribution in [1.29, 1.82) is 0 Å². The van der Waals surface area contributed by atoms with Gasteiger partial charge >= 0.3 is 12.4 Å². The summed E-state index contributed by atoms with van der Waals surface area (Å²) in [5.41, 5.74) is 5.58. The lowest BCUT2D eigenvalue weighted by Gasteiger charge is -2.18. The summed E-state index contributed by atoms with van der Waals surface area (Å²) in [5.74, 6) is 2.11. The van der Waals surface area contributed by atoms with Gasteiger partial charge in [0.15, 0.2) is 0 Å². The van der Waals surface area contributed by atoms with E-state index < -0.39 is 18.5 Å². The van der Waals surface area contributed by atoms with E-state index in [1.165, 1.54) is 22.6 Å². The molecule has 4 heterocycles. The van der Waals surface area contributed by atoms with Crippen molar-refractivity contribution >= 4 is 39.1 Å². The largest absolute Gasteiger partial charge is 0.522 e. The van der Waals surface area contributed by atoms with Gasteiger partial charge in [0.1, 0.15) is 23.6 Å². The second-order valence-electron chi connectivity index (χ2n) is 10.6. The molecule has 1 saturated heterocycles. The highest BCUT2D eigenvalue weighted by atomic mass is 32.1. The van der Waals surface area contributed by atoms with Crippen molar-refractivity contribution in [3.8, 4) is 28.3 Å². The number of nitrogens with one attached hydrogen (secondary N) is 2. The zero-order valence-electron chi connectivity index (χ0n) is 25.1. The number of ether oxygens (including phenoxy) is 3. The van der Waals surface area contributed by atoms with Crippen LogP contribution in [0.3, 0.4) is 0 Å². The lowest BCUT2D eigenvalue weighted by molar-refractivity contribution is -0.340. The standard InChI is InChI=1S/C31H30F3N7O4S/c1-18-4-6-21(39-30(42)40-9-8-23(15-40)45-31(32,33)34)10-25(18)41-14-20(13-38-41)24-16-46-28-27(24)36-17-37-29(28)35-12-19-5-7-22(43-2)11-26(19)44-3/h4-7,10-11,13-14,16-17,23H,8-9,12,15H2,1-3H3,(H,39,42)(H,35,36,37). The predicted octanol–water partition coefficient (Wildman–Crippen LogP) is 6.62. The lowest BCUT2D eigenvalue weighted by Crippen LogP contribution is -2.35. The van der Waals surface area contributed by atoms with Crippen LogP contribution in [-0.2, 0) is 11.3 Å². The summed E-state index contributed by atoms with van der Waals surface area (Å²) in [6, 6.07) is 10.5. The van der Waals surface area contributed by atoms with Crippen LogP contribution in [0.5, 0.6) is 11.5 Å². The minimum atomic E-state index is -4.74. The zero-order valence-corrected chi connectivity index (χ0v) is 25.9. The fraction of sp³-hybridized carbons (Fsp3) is 0.290. The van der Waals surface area contributed by atoms with Crippen molar-refractivity contribution in [2.24, 2.45) is 0 Å². The third-order valence-corrected chi connectivity index (χ3v) is 8.60. The number of halogens is 3. The number of urea groups is 1. The number of fused-ring (bicyclic) bond motifs is 1. The molecule has 0 bridgehead atoms. The van der Waals surface area contributed by atoms with Crippen molar-refractivity contribution < 1.29 is 32.2 Å². The van der Waals surface area contributed by atoms with Gasteiger partial charge in [-0.15, -0.1) is 24.5 Å². The molecule has 1 aliphatic rings. The van der Waals surface area contributed by atoms with Gasteiger partial charge in [0.2, 0.25) is 0 Å². The summed E-state index contributed by atoms with van der Waals surface area (Å²) in [4.78, 5) is 23.1. The van der Waals surface area contributed by atoms with Crippen molar-refractivity contribution in [3.05, 3.63) is 71.6 Å². The van der Waals surface area contributed by atoms with E-state index in [1.54, 1.807) is 37.2 Å². The molecule has 0 radical (unpaired) electrons. The maximum Gasteiger partial charge on any atom is 0.522 e. The van der Waals surface area contributed by atoms with E-state index >= 15 is 0 Å². The van der Waals surface area contributed by atoms with Gasteiger partial charge in [-0.25, -0.2) is 19.4 Å². The molecule has 1 atom stereocenters. The Morgan fingerprint density at radius 2 is 1.98 bits per heavy atom. The van der Waals surface area contributed by atoms with Gasteiger partial charge in [0.05, 0.1) is 42.4 Å². The number of nitrogens with zero attached hydrogens (tertiary/aromatic N) is 5. The SMILES string of the molecule is COc1ccc(CNc2ncnc3c(-c4cnn(-c5cc(NC(=O)N6CCC(OC(F)(F)F)C6)ccc5C)c4)csc23)c(OC)c1. The molecule has 0 aliphatic carbocycles. The number of benzene rings is 2. The molecule has 3 aromatic heterocycles. The number of thiophene rings is 1. The molecule has 1 unspecified atom stereocenters. The maximum absolute atomic E-state index is 12.8. The first-order valence-electron chi connectivity index (χ1n) is 14.3. The minimum absolute atomic E-state index is 0.110. The molecule has 5 aromatic rings. The van der Waals surface area contributed by atoms with Gasteiger partial charge in [0.25, 0.3) is 0 Å². The topological polar surface area (TPSA) is 116 Å². The Kier molecular flexibility index (Phi) is 8.69. The Morgan fingerprint density at radius 3 is 2.76 bits per heavy atom. The van der Waals surface area contributed by atoms with Crippen LogP contribution in [0, 0.1) is 6.92 Å². The highest BCUT2D eigenvalue weighted by molar-refractivity contribution is 7.18. The number of carbonyl (C=O) groups is 1. The second kappa shape index (κ2) is 12.8. The summed E-state index contributed by atoms with van der Waals surface area (Å²) < 4.78 is 55.2. The highest BCUT2D eigenvalue weighted by Gasteiger charge is 2.37. The number of likely N-dealkylation sites (tertiary alicyclic amines) is 1.